The van der Waals surface area contributed by atoms with Crippen LogP contribution in [0.4, 0.5) is 0 Å². The standard InChI is InChI=1S/C22H33N5O.ClH/c1-17-4-6-20(7-5-17)16-27-19(3)21(18(2)25-27)8-9-22(28)24-12-15-26-13-10-23-11-14-26;/h4-7,23H,8-16H2,1-3H3,(H,24,28);1H. The molecule has 0 saturated carbocycles. The number of aromatic nitrogens is 2. The van der Waals surface area contributed by atoms with Crippen LogP contribution < -0.4 is 10.6 Å². The number of hydrogen-bond donors (Lipinski definition) is 2. The third kappa shape index (κ3) is 6.84. The number of carbonyl (C=O) groups excluding carboxylic acids is 1. The zero-order valence-electron chi connectivity index (χ0n) is 17.8. The molecule has 29 heavy (non-hydrogen) atoms. The second-order valence-corrected chi connectivity index (χ2v) is 7.73. The molecule has 2 N–H and O–H groups in total. The number of halogens is 1. The molecule has 0 aliphatic carbocycles. The Hall–Kier alpha value is -1.89. The Morgan fingerprint density at radius 2 is 1.83 bits per heavy atom. The van der Waals surface area contributed by atoms with E-state index in [0.29, 0.717) is 6.42 Å². The molecule has 2 heterocycles. The van der Waals surface area contributed by atoms with E-state index in [1.54, 1.807) is 0 Å². The summed E-state index contributed by atoms with van der Waals surface area (Å²) >= 11 is 0. The van der Waals surface area contributed by atoms with Gasteiger partial charge < -0.3 is 10.6 Å². The van der Waals surface area contributed by atoms with Crippen molar-refractivity contribution < 1.29 is 4.79 Å². The molecule has 0 bridgehead atoms. The van der Waals surface area contributed by atoms with Crippen molar-refractivity contribution in [3.05, 3.63) is 52.3 Å². The molecule has 6 nitrogen and oxygen atoms in total. The van der Waals surface area contributed by atoms with Crippen molar-refractivity contribution in [1.29, 1.82) is 0 Å². The number of piperazine rings is 1. The quantitative estimate of drug-likeness (QED) is 0.688. The van der Waals surface area contributed by atoms with Crippen LogP contribution in [0.1, 0.15) is 34.5 Å². The Balaban J connectivity index is 0.00000300. The number of amides is 1. The maximum atomic E-state index is 12.2. The molecular weight excluding hydrogens is 386 g/mol. The molecule has 0 spiro atoms. The molecular formula is C22H34ClN5O. The highest BCUT2D eigenvalue weighted by atomic mass is 35.5. The number of benzene rings is 1. The van der Waals surface area contributed by atoms with Crippen LogP contribution in [-0.2, 0) is 17.8 Å². The van der Waals surface area contributed by atoms with E-state index < -0.39 is 0 Å². The summed E-state index contributed by atoms with van der Waals surface area (Å²) in [5.74, 6) is 0.125. The average Bonchev–Trinajstić information content (AvgIpc) is 2.96. The average molecular weight is 420 g/mol. The lowest BCUT2D eigenvalue weighted by molar-refractivity contribution is -0.121. The van der Waals surface area contributed by atoms with Crippen molar-refractivity contribution in [3.63, 3.8) is 0 Å². The van der Waals surface area contributed by atoms with Crippen molar-refractivity contribution in [2.75, 3.05) is 39.3 Å². The van der Waals surface area contributed by atoms with Crippen LogP contribution in [0.2, 0.25) is 0 Å². The molecule has 160 valence electrons. The summed E-state index contributed by atoms with van der Waals surface area (Å²) in [5.41, 5.74) is 5.89. The van der Waals surface area contributed by atoms with Gasteiger partial charge in [0.15, 0.2) is 0 Å². The molecule has 1 aliphatic heterocycles. The molecule has 0 radical (unpaired) electrons. The maximum absolute atomic E-state index is 12.2. The first-order chi connectivity index (χ1) is 13.5. The molecule has 1 amide bonds. The second-order valence-electron chi connectivity index (χ2n) is 7.73. The Bertz CT molecular complexity index is 781. The molecule has 1 saturated heterocycles. The SMILES string of the molecule is Cc1ccc(Cn2nc(C)c(CCC(=O)NCCN3CCNCC3)c2C)cc1.Cl. The van der Waals surface area contributed by atoms with Gasteiger partial charge in [-0.15, -0.1) is 12.4 Å². The van der Waals surface area contributed by atoms with Gasteiger partial charge in [0.1, 0.15) is 0 Å². The topological polar surface area (TPSA) is 62.2 Å². The molecule has 2 aromatic rings. The van der Waals surface area contributed by atoms with Gasteiger partial charge in [-0.25, -0.2) is 0 Å². The van der Waals surface area contributed by atoms with Crippen LogP contribution in [0, 0.1) is 20.8 Å². The van der Waals surface area contributed by atoms with E-state index in [-0.39, 0.29) is 18.3 Å². The van der Waals surface area contributed by atoms with Crippen LogP contribution in [0.5, 0.6) is 0 Å². The molecule has 0 unspecified atom stereocenters. The van der Waals surface area contributed by atoms with Crippen LogP contribution in [0.15, 0.2) is 24.3 Å². The molecule has 1 aromatic heterocycles. The van der Waals surface area contributed by atoms with Crippen molar-refractivity contribution >= 4 is 18.3 Å². The zero-order valence-corrected chi connectivity index (χ0v) is 18.6. The highest BCUT2D eigenvalue weighted by Gasteiger charge is 2.14. The largest absolute Gasteiger partial charge is 0.355 e. The Labute approximate surface area is 180 Å². The fourth-order valence-electron chi connectivity index (χ4n) is 3.73. The summed E-state index contributed by atoms with van der Waals surface area (Å²) in [6.45, 7) is 12.9. The highest BCUT2D eigenvalue weighted by Crippen LogP contribution is 2.17. The molecule has 3 rings (SSSR count). The van der Waals surface area contributed by atoms with Gasteiger partial charge in [0.2, 0.25) is 5.91 Å². The predicted molar refractivity (Wildman–Crippen MR) is 120 cm³/mol. The van der Waals surface area contributed by atoms with Crippen molar-refractivity contribution in [2.24, 2.45) is 0 Å². The summed E-state index contributed by atoms with van der Waals surface area (Å²) in [7, 11) is 0. The third-order valence-electron chi connectivity index (χ3n) is 5.55. The first-order valence-electron chi connectivity index (χ1n) is 10.3. The van der Waals surface area contributed by atoms with Crippen molar-refractivity contribution in [2.45, 2.75) is 40.2 Å². The Morgan fingerprint density at radius 3 is 2.52 bits per heavy atom. The summed E-state index contributed by atoms with van der Waals surface area (Å²) in [6, 6.07) is 8.56. The number of hydrogen-bond acceptors (Lipinski definition) is 4. The Kier molecular flexibility index (Phi) is 9.14. The number of rotatable bonds is 8. The highest BCUT2D eigenvalue weighted by molar-refractivity contribution is 5.85. The molecule has 7 heteroatoms. The first kappa shape index (κ1) is 23.4. The normalized spacial score (nSPS) is 14.4. The van der Waals surface area contributed by atoms with E-state index in [1.807, 2.05) is 6.92 Å². The predicted octanol–water partition coefficient (Wildman–Crippen LogP) is 2.23. The van der Waals surface area contributed by atoms with E-state index in [2.05, 4.69) is 58.3 Å². The van der Waals surface area contributed by atoms with Gasteiger partial charge in [-0.3, -0.25) is 14.4 Å². The monoisotopic (exact) mass is 419 g/mol. The van der Waals surface area contributed by atoms with Gasteiger partial charge in [-0.1, -0.05) is 29.8 Å². The van der Waals surface area contributed by atoms with Crippen LogP contribution >= 0.6 is 12.4 Å². The molecule has 1 aliphatic rings. The molecule has 0 atom stereocenters. The summed E-state index contributed by atoms with van der Waals surface area (Å²) in [6.07, 6.45) is 1.25. The van der Waals surface area contributed by atoms with Gasteiger partial charge in [0.25, 0.3) is 0 Å². The van der Waals surface area contributed by atoms with Crippen LogP contribution in [0.3, 0.4) is 0 Å². The number of nitrogens with one attached hydrogen (secondary N) is 2. The molecule has 1 fully saturated rings. The minimum Gasteiger partial charge on any atom is -0.355 e. The van der Waals surface area contributed by atoms with Gasteiger partial charge >= 0.3 is 0 Å². The Morgan fingerprint density at radius 1 is 1.14 bits per heavy atom. The van der Waals surface area contributed by atoms with Gasteiger partial charge in [0, 0.05) is 51.4 Å². The van der Waals surface area contributed by atoms with Gasteiger partial charge in [-0.2, -0.15) is 5.10 Å². The van der Waals surface area contributed by atoms with E-state index in [4.69, 9.17) is 5.10 Å². The van der Waals surface area contributed by atoms with Crippen LogP contribution in [0.25, 0.3) is 0 Å². The zero-order chi connectivity index (χ0) is 19.9. The van der Waals surface area contributed by atoms with Crippen molar-refractivity contribution in [1.82, 2.24) is 25.3 Å². The van der Waals surface area contributed by atoms with E-state index in [1.165, 1.54) is 16.7 Å². The lowest BCUT2D eigenvalue weighted by Gasteiger charge is -2.27. The maximum Gasteiger partial charge on any atom is 0.220 e. The summed E-state index contributed by atoms with van der Waals surface area (Å²) in [4.78, 5) is 14.6. The van der Waals surface area contributed by atoms with E-state index in [9.17, 15) is 4.79 Å². The smallest absolute Gasteiger partial charge is 0.220 e. The third-order valence-corrected chi connectivity index (χ3v) is 5.55. The lowest BCUT2D eigenvalue weighted by Crippen LogP contribution is -2.46. The molecule has 1 aromatic carbocycles. The van der Waals surface area contributed by atoms with E-state index >= 15 is 0 Å². The first-order valence-corrected chi connectivity index (χ1v) is 10.3. The van der Waals surface area contributed by atoms with Crippen LogP contribution in [-0.4, -0.2) is 59.9 Å². The fraction of sp³-hybridized carbons (Fsp3) is 0.545. The van der Waals surface area contributed by atoms with E-state index in [0.717, 1.165) is 63.6 Å². The number of carbonyl (C=O) groups is 1. The number of aryl methyl sites for hydroxylation is 2. The summed E-state index contributed by atoms with van der Waals surface area (Å²) in [5, 5.41) is 11.1. The lowest BCUT2D eigenvalue weighted by atomic mass is 10.1. The fourth-order valence-corrected chi connectivity index (χ4v) is 3.73. The van der Waals surface area contributed by atoms with Gasteiger partial charge in [0.05, 0.1) is 12.2 Å². The van der Waals surface area contributed by atoms with Gasteiger partial charge in [-0.05, 0) is 38.3 Å². The minimum atomic E-state index is 0. The van der Waals surface area contributed by atoms with Crippen molar-refractivity contribution in [3.8, 4) is 0 Å². The second kappa shape index (κ2) is 11.3. The minimum absolute atomic E-state index is 0. The number of nitrogens with zero attached hydrogens (tertiary/aromatic N) is 3. The summed E-state index contributed by atoms with van der Waals surface area (Å²) < 4.78 is 2.05.